The number of benzene rings is 2. The van der Waals surface area contributed by atoms with Crippen molar-refractivity contribution >= 4 is 11.8 Å². The minimum absolute atomic E-state index is 0.168. The van der Waals surface area contributed by atoms with Crippen LogP contribution in [0.15, 0.2) is 70.6 Å². The van der Waals surface area contributed by atoms with Gasteiger partial charge in [-0.2, -0.15) is 0 Å². The average Bonchev–Trinajstić information content (AvgIpc) is 2.67. The molecule has 0 spiro atoms. The highest BCUT2D eigenvalue weighted by molar-refractivity contribution is 7.99. The first-order chi connectivity index (χ1) is 12.7. The smallest absolute Gasteiger partial charge is 0.251 e. The molecule has 2 aromatic carbocycles. The number of para-hydroxylation sites is 1. The van der Waals surface area contributed by atoms with Gasteiger partial charge in [0.25, 0.3) is 5.56 Å². The van der Waals surface area contributed by atoms with E-state index in [0.717, 1.165) is 23.7 Å². The fourth-order valence-corrected chi connectivity index (χ4v) is 3.24. The molecule has 0 bridgehead atoms. The molecule has 0 saturated heterocycles. The van der Waals surface area contributed by atoms with Crippen molar-refractivity contribution in [3.8, 4) is 11.5 Å². The molecule has 5 nitrogen and oxygen atoms in total. The van der Waals surface area contributed by atoms with Crippen LogP contribution in [0.1, 0.15) is 11.3 Å². The maximum atomic E-state index is 11.8. The third-order valence-corrected chi connectivity index (χ3v) is 4.57. The van der Waals surface area contributed by atoms with E-state index in [9.17, 15) is 4.79 Å². The quantitative estimate of drug-likeness (QED) is 0.485. The average molecular weight is 368 g/mol. The molecule has 134 valence electrons. The van der Waals surface area contributed by atoms with Gasteiger partial charge < -0.3 is 14.5 Å². The topological polar surface area (TPSA) is 64.2 Å². The Balaban J connectivity index is 1.55. The third kappa shape index (κ3) is 5.39. The lowest BCUT2D eigenvalue weighted by Gasteiger charge is -2.07. The van der Waals surface area contributed by atoms with Crippen LogP contribution < -0.4 is 15.0 Å². The predicted molar refractivity (Wildman–Crippen MR) is 103 cm³/mol. The first kappa shape index (κ1) is 18.1. The van der Waals surface area contributed by atoms with Crippen LogP contribution in [0.25, 0.3) is 0 Å². The van der Waals surface area contributed by atoms with Crippen molar-refractivity contribution in [1.29, 1.82) is 0 Å². The summed E-state index contributed by atoms with van der Waals surface area (Å²) in [5.41, 5.74) is 1.66. The van der Waals surface area contributed by atoms with E-state index in [1.54, 1.807) is 7.11 Å². The number of aryl methyl sites for hydroxylation is 1. The van der Waals surface area contributed by atoms with Gasteiger partial charge in [0.15, 0.2) is 5.16 Å². The van der Waals surface area contributed by atoms with Gasteiger partial charge in [0.1, 0.15) is 18.1 Å². The Bertz CT molecular complexity index is 880. The summed E-state index contributed by atoms with van der Waals surface area (Å²) >= 11 is 1.52. The summed E-state index contributed by atoms with van der Waals surface area (Å²) in [5, 5.41) is 0.609. The van der Waals surface area contributed by atoms with E-state index in [2.05, 4.69) is 9.97 Å². The summed E-state index contributed by atoms with van der Waals surface area (Å²) in [6.45, 7) is 0.264. The number of thioether (sulfide) groups is 1. The summed E-state index contributed by atoms with van der Waals surface area (Å²) in [6, 6.07) is 18.9. The second kappa shape index (κ2) is 9.10. The first-order valence-electron chi connectivity index (χ1n) is 8.27. The Labute approximate surface area is 156 Å². The molecule has 0 unspecified atom stereocenters. The minimum Gasteiger partial charge on any atom is -0.497 e. The van der Waals surface area contributed by atoms with E-state index in [-0.39, 0.29) is 12.2 Å². The van der Waals surface area contributed by atoms with Crippen LogP contribution in [0.5, 0.6) is 11.5 Å². The fraction of sp³-hybridized carbons (Fsp3) is 0.200. The molecule has 0 radical (unpaired) electrons. The van der Waals surface area contributed by atoms with Gasteiger partial charge in [-0.15, -0.1) is 0 Å². The molecule has 3 rings (SSSR count). The molecule has 1 N–H and O–H groups in total. The number of hydrogen-bond acceptors (Lipinski definition) is 5. The van der Waals surface area contributed by atoms with E-state index >= 15 is 0 Å². The molecule has 0 aliphatic carbocycles. The first-order valence-corrected chi connectivity index (χ1v) is 9.25. The van der Waals surface area contributed by atoms with Crippen LogP contribution in [-0.2, 0) is 13.0 Å². The minimum atomic E-state index is -0.168. The number of ether oxygens (including phenoxy) is 2. The van der Waals surface area contributed by atoms with E-state index in [0.29, 0.717) is 10.9 Å². The highest BCUT2D eigenvalue weighted by Crippen LogP contribution is 2.17. The van der Waals surface area contributed by atoms with Gasteiger partial charge >= 0.3 is 0 Å². The summed E-state index contributed by atoms with van der Waals surface area (Å²) in [7, 11) is 1.65. The molecule has 0 atom stereocenters. The fourth-order valence-electron chi connectivity index (χ4n) is 2.36. The van der Waals surface area contributed by atoms with Gasteiger partial charge in [0, 0.05) is 11.8 Å². The van der Waals surface area contributed by atoms with E-state index in [1.165, 1.54) is 23.4 Å². The molecule has 1 aromatic heterocycles. The van der Waals surface area contributed by atoms with Crippen LogP contribution >= 0.6 is 11.8 Å². The lowest BCUT2D eigenvalue weighted by atomic mass is 10.2. The lowest BCUT2D eigenvalue weighted by molar-refractivity contribution is 0.299. The molecule has 0 amide bonds. The number of hydrogen-bond donors (Lipinski definition) is 1. The molecular weight excluding hydrogens is 348 g/mol. The van der Waals surface area contributed by atoms with Crippen LogP contribution in [0, 0.1) is 0 Å². The van der Waals surface area contributed by atoms with Crippen molar-refractivity contribution in [1.82, 2.24) is 9.97 Å². The summed E-state index contributed by atoms with van der Waals surface area (Å²) in [5.74, 6) is 2.42. The van der Waals surface area contributed by atoms with Crippen LogP contribution in [-0.4, -0.2) is 22.8 Å². The van der Waals surface area contributed by atoms with Crippen molar-refractivity contribution in [2.24, 2.45) is 0 Å². The number of H-pyrrole nitrogens is 1. The summed E-state index contributed by atoms with van der Waals surface area (Å²) in [6.07, 6.45) is 0.878. The van der Waals surface area contributed by atoms with Crippen LogP contribution in [0.4, 0.5) is 0 Å². The van der Waals surface area contributed by atoms with Crippen molar-refractivity contribution in [3.05, 3.63) is 82.3 Å². The second-order valence-corrected chi connectivity index (χ2v) is 6.67. The van der Waals surface area contributed by atoms with Crippen LogP contribution in [0.2, 0.25) is 0 Å². The van der Waals surface area contributed by atoms with Gasteiger partial charge in [-0.25, -0.2) is 4.98 Å². The molecule has 0 aliphatic rings. The molecule has 6 heteroatoms. The molecule has 0 saturated carbocycles. The Morgan fingerprint density at radius 1 is 1.04 bits per heavy atom. The summed E-state index contributed by atoms with van der Waals surface area (Å²) in [4.78, 5) is 19.1. The SMILES string of the molecule is COc1ccc(CCSc2nc(COc3ccccc3)cc(=O)[nH]2)cc1. The molecule has 26 heavy (non-hydrogen) atoms. The van der Waals surface area contributed by atoms with Crippen molar-refractivity contribution in [2.75, 3.05) is 12.9 Å². The normalized spacial score (nSPS) is 10.5. The van der Waals surface area contributed by atoms with Gasteiger partial charge in [-0.05, 0) is 36.2 Å². The molecule has 0 fully saturated rings. The second-order valence-electron chi connectivity index (χ2n) is 5.59. The number of nitrogens with zero attached hydrogens (tertiary/aromatic N) is 1. The maximum absolute atomic E-state index is 11.8. The van der Waals surface area contributed by atoms with Crippen molar-refractivity contribution < 1.29 is 9.47 Å². The Kier molecular flexibility index (Phi) is 6.33. The van der Waals surface area contributed by atoms with E-state index in [4.69, 9.17) is 9.47 Å². The predicted octanol–water partition coefficient (Wildman–Crippen LogP) is 3.69. The molecule has 3 aromatic rings. The van der Waals surface area contributed by atoms with Gasteiger partial charge in [-0.3, -0.25) is 4.79 Å². The van der Waals surface area contributed by atoms with Gasteiger partial charge in [0.2, 0.25) is 0 Å². The maximum Gasteiger partial charge on any atom is 0.251 e. The Morgan fingerprint density at radius 2 is 1.81 bits per heavy atom. The highest BCUT2D eigenvalue weighted by Gasteiger charge is 2.04. The van der Waals surface area contributed by atoms with E-state index < -0.39 is 0 Å². The zero-order valence-electron chi connectivity index (χ0n) is 14.5. The summed E-state index contributed by atoms with van der Waals surface area (Å²) < 4.78 is 10.8. The Hall–Kier alpha value is -2.73. The number of nitrogens with one attached hydrogen (secondary N) is 1. The third-order valence-electron chi connectivity index (χ3n) is 3.69. The number of aromatic amines is 1. The number of aromatic nitrogens is 2. The molecule has 0 aliphatic heterocycles. The zero-order chi connectivity index (χ0) is 18.2. The number of rotatable bonds is 8. The standard InChI is InChI=1S/C20H20N2O3S/c1-24-17-9-7-15(8-10-17)11-12-26-20-21-16(13-19(23)22-20)14-25-18-5-3-2-4-6-18/h2-10,13H,11-12,14H2,1H3,(H,21,22,23). The Morgan fingerprint density at radius 3 is 2.54 bits per heavy atom. The van der Waals surface area contributed by atoms with Crippen molar-refractivity contribution in [2.45, 2.75) is 18.2 Å². The van der Waals surface area contributed by atoms with Gasteiger partial charge in [0.05, 0.1) is 12.8 Å². The number of methoxy groups -OCH3 is 1. The van der Waals surface area contributed by atoms with Crippen molar-refractivity contribution in [3.63, 3.8) is 0 Å². The monoisotopic (exact) mass is 368 g/mol. The van der Waals surface area contributed by atoms with Crippen LogP contribution in [0.3, 0.4) is 0 Å². The van der Waals surface area contributed by atoms with E-state index in [1.807, 2.05) is 54.6 Å². The molecule has 1 heterocycles. The highest BCUT2D eigenvalue weighted by atomic mass is 32.2. The largest absolute Gasteiger partial charge is 0.497 e. The molecular formula is C20H20N2O3S. The zero-order valence-corrected chi connectivity index (χ0v) is 15.3. The van der Waals surface area contributed by atoms with Gasteiger partial charge in [-0.1, -0.05) is 42.1 Å². The lowest BCUT2D eigenvalue weighted by Crippen LogP contribution is -2.12.